The van der Waals surface area contributed by atoms with Crippen molar-refractivity contribution in [3.05, 3.63) is 39.8 Å². The van der Waals surface area contributed by atoms with Gasteiger partial charge in [-0.25, -0.2) is 4.98 Å². The fourth-order valence-corrected chi connectivity index (χ4v) is 2.71. The Balaban J connectivity index is 1.93. The third-order valence-corrected chi connectivity index (χ3v) is 4.06. The number of hydrogen-bond donors (Lipinski definition) is 3. The number of nitrogens with one attached hydrogen (secondary N) is 2. The first-order chi connectivity index (χ1) is 12.4. The summed E-state index contributed by atoms with van der Waals surface area (Å²) in [7, 11) is 1.39. The summed E-state index contributed by atoms with van der Waals surface area (Å²) in [5, 5.41) is 2.50. The lowest BCUT2D eigenvalue weighted by atomic mass is 10.2. The van der Waals surface area contributed by atoms with E-state index < -0.39 is 11.8 Å². The summed E-state index contributed by atoms with van der Waals surface area (Å²) < 4.78 is 10.3. The zero-order valence-electron chi connectivity index (χ0n) is 14.2. The maximum Gasteiger partial charge on any atom is 0.269 e. The molecule has 1 aromatic heterocycles. The van der Waals surface area contributed by atoms with Gasteiger partial charge in [-0.2, -0.15) is 0 Å². The summed E-state index contributed by atoms with van der Waals surface area (Å²) in [4.78, 5) is 38.9. The molecule has 2 aromatic rings. The van der Waals surface area contributed by atoms with Gasteiger partial charge < -0.3 is 15.2 Å². The molecule has 0 unspecified atom stereocenters. The molecular weight excluding hydrogens is 360 g/mol. The molecule has 1 heterocycles. The van der Waals surface area contributed by atoms with E-state index in [1.54, 1.807) is 0 Å². The number of aryl methyl sites for hydroxylation is 1. The van der Waals surface area contributed by atoms with Gasteiger partial charge in [0.1, 0.15) is 5.01 Å². The number of hydrazine groups is 1. The summed E-state index contributed by atoms with van der Waals surface area (Å²) in [6.07, 6.45) is 0.0714. The summed E-state index contributed by atoms with van der Waals surface area (Å²) in [6, 6.07) is 4.35. The Hall–Kier alpha value is -3.14. The number of methoxy groups -OCH3 is 1. The Morgan fingerprint density at radius 2 is 2.00 bits per heavy atom. The van der Waals surface area contributed by atoms with Crippen molar-refractivity contribution >= 4 is 29.1 Å². The topological polar surface area (TPSA) is 133 Å². The van der Waals surface area contributed by atoms with Gasteiger partial charge >= 0.3 is 0 Å². The molecule has 0 bridgehead atoms. The average Bonchev–Trinajstić information content (AvgIpc) is 3.02. The molecule has 0 radical (unpaired) electrons. The number of rotatable bonds is 7. The number of carbonyl (C=O) groups is 3. The lowest BCUT2D eigenvalue weighted by Crippen LogP contribution is -2.42. The minimum atomic E-state index is -0.632. The van der Waals surface area contributed by atoms with Crippen LogP contribution in [0.1, 0.15) is 21.1 Å². The zero-order chi connectivity index (χ0) is 19.1. The van der Waals surface area contributed by atoms with Gasteiger partial charge in [0.15, 0.2) is 18.1 Å². The Morgan fingerprint density at radius 1 is 1.23 bits per heavy atom. The normalized spacial score (nSPS) is 10.1. The van der Waals surface area contributed by atoms with Crippen molar-refractivity contribution in [3.63, 3.8) is 0 Å². The predicted molar refractivity (Wildman–Crippen MR) is 93.8 cm³/mol. The van der Waals surface area contributed by atoms with Gasteiger partial charge in [-0.3, -0.25) is 25.2 Å². The van der Waals surface area contributed by atoms with Gasteiger partial charge in [0.2, 0.25) is 5.91 Å². The van der Waals surface area contributed by atoms with Crippen molar-refractivity contribution in [1.29, 1.82) is 0 Å². The van der Waals surface area contributed by atoms with Crippen LogP contribution in [0, 0.1) is 6.92 Å². The molecule has 0 aliphatic rings. The molecule has 0 saturated carbocycles. The van der Waals surface area contributed by atoms with E-state index in [9.17, 15) is 14.4 Å². The van der Waals surface area contributed by atoms with E-state index in [1.165, 1.54) is 36.6 Å². The fourth-order valence-electron chi connectivity index (χ4n) is 1.94. The van der Waals surface area contributed by atoms with Crippen LogP contribution >= 0.6 is 11.3 Å². The van der Waals surface area contributed by atoms with E-state index in [4.69, 9.17) is 15.2 Å². The minimum Gasteiger partial charge on any atom is -0.493 e. The van der Waals surface area contributed by atoms with E-state index in [1.807, 2.05) is 12.3 Å². The van der Waals surface area contributed by atoms with E-state index >= 15 is 0 Å². The standard InChI is InChI=1S/C16H18N4O5S/c1-9-8-26-15(18-9)6-14(22)19-20-16(23)10-3-4-11(12(5-10)24-2)25-7-13(17)21/h3-5,8H,6-7H2,1-2H3,(H2,17,21)(H,19,22)(H,20,23). The largest absolute Gasteiger partial charge is 0.493 e. The molecule has 9 nitrogen and oxygen atoms in total. The van der Waals surface area contributed by atoms with Crippen molar-refractivity contribution < 1.29 is 23.9 Å². The molecule has 26 heavy (non-hydrogen) atoms. The molecule has 10 heteroatoms. The van der Waals surface area contributed by atoms with E-state index in [2.05, 4.69) is 15.8 Å². The molecule has 0 spiro atoms. The van der Waals surface area contributed by atoms with Gasteiger partial charge in [0.05, 0.1) is 13.5 Å². The van der Waals surface area contributed by atoms with Crippen molar-refractivity contribution in [3.8, 4) is 11.5 Å². The number of nitrogens with zero attached hydrogens (tertiary/aromatic N) is 1. The van der Waals surface area contributed by atoms with E-state index in [-0.39, 0.29) is 36.0 Å². The predicted octanol–water partition coefficient (Wildman–Crippen LogP) is 0.328. The van der Waals surface area contributed by atoms with Crippen LogP contribution in [-0.2, 0) is 16.0 Å². The summed E-state index contributed by atoms with van der Waals surface area (Å²) >= 11 is 1.37. The maximum atomic E-state index is 12.1. The molecule has 138 valence electrons. The van der Waals surface area contributed by atoms with Crippen molar-refractivity contribution in [2.75, 3.05) is 13.7 Å². The number of nitrogens with two attached hydrogens (primary N) is 1. The molecule has 0 atom stereocenters. The Bertz CT molecular complexity index is 821. The maximum absolute atomic E-state index is 12.1. The number of benzene rings is 1. The lowest BCUT2D eigenvalue weighted by molar-refractivity contribution is -0.121. The van der Waals surface area contributed by atoms with Crippen LogP contribution in [0.2, 0.25) is 0 Å². The first-order valence-corrected chi connectivity index (χ1v) is 8.36. The minimum absolute atomic E-state index is 0.0714. The van der Waals surface area contributed by atoms with Crippen molar-refractivity contribution in [2.24, 2.45) is 5.73 Å². The number of aromatic nitrogens is 1. The molecule has 0 aliphatic carbocycles. The average molecular weight is 378 g/mol. The third-order valence-electron chi connectivity index (χ3n) is 3.09. The first kappa shape index (κ1) is 19.2. The van der Waals surface area contributed by atoms with Gasteiger partial charge in [-0.15, -0.1) is 11.3 Å². The highest BCUT2D eigenvalue weighted by Gasteiger charge is 2.13. The van der Waals surface area contributed by atoms with Gasteiger partial charge in [0, 0.05) is 16.6 Å². The van der Waals surface area contributed by atoms with Crippen LogP contribution in [0.3, 0.4) is 0 Å². The van der Waals surface area contributed by atoms with Crippen molar-refractivity contribution in [2.45, 2.75) is 13.3 Å². The second kappa shape index (κ2) is 8.81. The quantitative estimate of drug-likeness (QED) is 0.595. The first-order valence-electron chi connectivity index (χ1n) is 7.48. The smallest absolute Gasteiger partial charge is 0.269 e. The number of primary amides is 1. The number of hydrogen-bond acceptors (Lipinski definition) is 7. The Labute approximate surface area is 153 Å². The molecule has 1 aromatic carbocycles. The Morgan fingerprint density at radius 3 is 2.62 bits per heavy atom. The molecule has 3 amide bonds. The molecule has 4 N–H and O–H groups in total. The molecule has 2 rings (SSSR count). The van der Waals surface area contributed by atoms with Gasteiger partial charge in [0.25, 0.3) is 11.8 Å². The molecule has 0 saturated heterocycles. The molecule has 0 fully saturated rings. The van der Waals surface area contributed by atoms with Crippen molar-refractivity contribution in [1.82, 2.24) is 15.8 Å². The van der Waals surface area contributed by atoms with Crippen LogP contribution in [-0.4, -0.2) is 36.4 Å². The number of thiazole rings is 1. The number of ether oxygens (including phenoxy) is 2. The highest BCUT2D eigenvalue weighted by molar-refractivity contribution is 7.09. The Kier molecular flexibility index (Phi) is 6.50. The van der Waals surface area contributed by atoms with Gasteiger partial charge in [-0.05, 0) is 25.1 Å². The zero-order valence-corrected chi connectivity index (χ0v) is 15.0. The van der Waals surface area contributed by atoms with Crippen LogP contribution in [0.15, 0.2) is 23.6 Å². The van der Waals surface area contributed by atoms with Crippen LogP contribution in [0.5, 0.6) is 11.5 Å². The fraction of sp³-hybridized carbons (Fsp3) is 0.250. The highest BCUT2D eigenvalue weighted by atomic mass is 32.1. The second-order valence-electron chi connectivity index (χ2n) is 5.18. The van der Waals surface area contributed by atoms with Crippen LogP contribution in [0.4, 0.5) is 0 Å². The number of carbonyl (C=O) groups excluding carboxylic acids is 3. The summed E-state index contributed by atoms with van der Waals surface area (Å²) in [5.41, 5.74) is 10.7. The second-order valence-corrected chi connectivity index (χ2v) is 6.12. The number of amides is 3. The van der Waals surface area contributed by atoms with Crippen LogP contribution in [0.25, 0.3) is 0 Å². The van der Waals surface area contributed by atoms with Gasteiger partial charge in [-0.1, -0.05) is 0 Å². The van der Waals surface area contributed by atoms with E-state index in [0.717, 1.165) is 5.69 Å². The third kappa shape index (κ3) is 5.45. The molecule has 0 aliphatic heterocycles. The highest BCUT2D eigenvalue weighted by Crippen LogP contribution is 2.27. The van der Waals surface area contributed by atoms with E-state index in [0.29, 0.717) is 5.01 Å². The summed E-state index contributed by atoms with van der Waals surface area (Å²) in [5.74, 6) is -1.03. The molecular formula is C16H18N4O5S. The van der Waals surface area contributed by atoms with Crippen LogP contribution < -0.4 is 26.1 Å². The summed E-state index contributed by atoms with van der Waals surface area (Å²) in [6.45, 7) is 1.53. The monoisotopic (exact) mass is 378 g/mol. The SMILES string of the molecule is COc1cc(C(=O)NNC(=O)Cc2nc(C)cs2)ccc1OCC(N)=O. The lowest BCUT2D eigenvalue weighted by Gasteiger charge is -2.11.